The minimum Gasteiger partial charge on any atom is -0.358 e. The van der Waals surface area contributed by atoms with Gasteiger partial charge in [0.2, 0.25) is 0 Å². The number of rotatable bonds is 0. The third-order valence-electron chi connectivity index (χ3n) is 1.17. The predicted molar refractivity (Wildman–Crippen MR) is 42.3 cm³/mol. The standard InChI is InChI=1S/C8H10.CH3.Ru/c1-7-4-3-5-8(2)6-7;;/h3-6H,1-2H3;1H3;/q;-1;+1. The number of hydrogen-bond acceptors (Lipinski definition) is 0. The van der Waals surface area contributed by atoms with Gasteiger partial charge in [0.15, 0.2) is 0 Å². The number of aryl methyl sites for hydroxylation is 2. The molecule has 0 nitrogen and oxygen atoms in total. The molecule has 1 aromatic rings. The first-order valence-corrected chi connectivity index (χ1v) is 2.82. The Bertz CT molecular complexity index is 165. The first kappa shape index (κ1) is 12.5. The smallest absolute Gasteiger partial charge is 0.358 e. The fourth-order valence-corrected chi connectivity index (χ4v) is 0.807. The second kappa shape index (κ2) is 5.61. The quantitative estimate of drug-likeness (QED) is 0.467. The van der Waals surface area contributed by atoms with Crippen LogP contribution in [0.25, 0.3) is 0 Å². The van der Waals surface area contributed by atoms with Crippen LogP contribution in [0.4, 0.5) is 0 Å². The van der Waals surface area contributed by atoms with Crippen LogP contribution in [0.3, 0.4) is 0 Å². The van der Waals surface area contributed by atoms with Gasteiger partial charge in [-0.15, -0.1) is 0 Å². The van der Waals surface area contributed by atoms with Crippen molar-refractivity contribution >= 4 is 0 Å². The summed E-state index contributed by atoms with van der Waals surface area (Å²) in [4.78, 5) is 0. The molecule has 0 aromatic heterocycles. The van der Waals surface area contributed by atoms with Crippen molar-refractivity contribution in [2.24, 2.45) is 0 Å². The van der Waals surface area contributed by atoms with Gasteiger partial charge in [-0.3, -0.25) is 0 Å². The van der Waals surface area contributed by atoms with Crippen LogP contribution in [0, 0.1) is 21.3 Å². The summed E-state index contributed by atoms with van der Waals surface area (Å²) in [5, 5.41) is 0. The molecule has 1 aromatic carbocycles. The summed E-state index contributed by atoms with van der Waals surface area (Å²) >= 11 is 0. The van der Waals surface area contributed by atoms with Crippen LogP contribution in [0.1, 0.15) is 11.1 Å². The van der Waals surface area contributed by atoms with E-state index in [4.69, 9.17) is 0 Å². The Morgan fingerprint density at radius 1 is 1.00 bits per heavy atom. The van der Waals surface area contributed by atoms with Gasteiger partial charge < -0.3 is 7.43 Å². The minimum absolute atomic E-state index is 0. The van der Waals surface area contributed by atoms with E-state index < -0.39 is 0 Å². The van der Waals surface area contributed by atoms with Crippen molar-refractivity contribution in [3.05, 3.63) is 42.8 Å². The summed E-state index contributed by atoms with van der Waals surface area (Å²) in [6.07, 6.45) is 0. The van der Waals surface area contributed by atoms with E-state index >= 15 is 0 Å². The molecule has 0 aliphatic heterocycles. The molecule has 0 aliphatic rings. The van der Waals surface area contributed by atoms with Gasteiger partial charge in [0.25, 0.3) is 0 Å². The summed E-state index contributed by atoms with van der Waals surface area (Å²) < 4.78 is 0. The molecule has 0 atom stereocenters. The minimum atomic E-state index is 0. The molecule has 0 fully saturated rings. The first-order chi connectivity index (χ1) is 3.79. The molecular formula is C9H13Ru. The zero-order valence-electron chi connectivity index (χ0n) is 6.66. The van der Waals surface area contributed by atoms with E-state index in [0.717, 1.165) is 0 Å². The molecule has 1 radical (unpaired) electrons. The van der Waals surface area contributed by atoms with E-state index in [1.165, 1.54) is 11.1 Å². The molecule has 0 saturated heterocycles. The van der Waals surface area contributed by atoms with Crippen LogP contribution in [0.15, 0.2) is 24.3 Å². The zero-order chi connectivity index (χ0) is 5.98. The third kappa shape index (κ3) is 3.79. The maximum absolute atomic E-state index is 2.17. The van der Waals surface area contributed by atoms with Gasteiger partial charge in [-0.1, -0.05) is 35.4 Å². The monoisotopic (exact) mass is 223 g/mol. The van der Waals surface area contributed by atoms with Crippen molar-refractivity contribution in [1.29, 1.82) is 0 Å². The second-order valence-electron chi connectivity index (χ2n) is 2.16. The number of benzene rings is 1. The summed E-state index contributed by atoms with van der Waals surface area (Å²) in [6.45, 7) is 4.21. The molecule has 0 bridgehead atoms. The van der Waals surface area contributed by atoms with E-state index in [2.05, 4.69) is 38.1 Å². The van der Waals surface area contributed by atoms with Crippen LogP contribution in [0.2, 0.25) is 0 Å². The van der Waals surface area contributed by atoms with Gasteiger partial charge in [0.05, 0.1) is 0 Å². The van der Waals surface area contributed by atoms with Crippen LogP contribution in [-0.4, -0.2) is 0 Å². The molecule has 0 N–H and O–H groups in total. The molecule has 0 unspecified atom stereocenters. The largest absolute Gasteiger partial charge is 1.00 e. The van der Waals surface area contributed by atoms with Crippen molar-refractivity contribution in [3.8, 4) is 0 Å². The molecule has 0 spiro atoms. The Kier molecular flexibility index (Phi) is 7.03. The average Bonchev–Trinajstić information content (AvgIpc) is 1.64. The number of hydrogen-bond donors (Lipinski definition) is 0. The van der Waals surface area contributed by atoms with Crippen molar-refractivity contribution < 1.29 is 19.5 Å². The van der Waals surface area contributed by atoms with E-state index in [0.29, 0.717) is 0 Å². The first-order valence-electron chi connectivity index (χ1n) is 2.82. The summed E-state index contributed by atoms with van der Waals surface area (Å²) in [5.41, 5.74) is 2.68. The summed E-state index contributed by atoms with van der Waals surface area (Å²) in [7, 11) is 0. The van der Waals surface area contributed by atoms with Gasteiger partial charge in [-0.05, 0) is 13.8 Å². The Morgan fingerprint density at radius 2 is 1.40 bits per heavy atom. The van der Waals surface area contributed by atoms with Crippen LogP contribution in [-0.2, 0) is 19.5 Å². The Labute approximate surface area is 76.4 Å². The Balaban J connectivity index is 0. The Morgan fingerprint density at radius 3 is 1.60 bits per heavy atom. The predicted octanol–water partition coefficient (Wildman–Crippen LogP) is 2.75. The second-order valence-corrected chi connectivity index (χ2v) is 2.16. The summed E-state index contributed by atoms with van der Waals surface area (Å²) in [6, 6.07) is 8.45. The molecule has 0 amide bonds. The maximum atomic E-state index is 2.17. The molecule has 10 heavy (non-hydrogen) atoms. The van der Waals surface area contributed by atoms with Crippen LogP contribution >= 0.6 is 0 Å². The maximum Gasteiger partial charge on any atom is 1.00 e. The van der Waals surface area contributed by atoms with E-state index in [-0.39, 0.29) is 26.9 Å². The van der Waals surface area contributed by atoms with Gasteiger partial charge in [-0.25, -0.2) is 0 Å². The van der Waals surface area contributed by atoms with Gasteiger partial charge >= 0.3 is 19.5 Å². The van der Waals surface area contributed by atoms with Gasteiger partial charge in [0, 0.05) is 0 Å². The fraction of sp³-hybridized carbons (Fsp3) is 0.222. The fourth-order valence-electron chi connectivity index (χ4n) is 0.807. The molecule has 0 heterocycles. The van der Waals surface area contributed by atoms with Crippen molar-refractivity contribution in [2.75, 3.05) is 0 Å². The van der Waals surface area contributed by atoms with Crippen molar-refractivity contribution in [1.82, 2.24) is 0 Å². The molecule has 1 heteroatoms. The van der Waals surface area contributed by atoms with E-state index in [1.54, 1.807) is 0 Å². The topological polar surface area (TPSA) is 0 Å². The van der Waals surface area contributed by atoms with Crippen LogP contribution in [0.5, 0.6) is 0 Å². The molecule has 0 saturated carbocycles. The average molecular weight is 222 g/mol. The van der Waals surface area contributed by atoms with Crippen molar-refractivity contribution in [2.45, 2.75) is 13.8 Å². The van der Waals surface area contributed by atoms with Crippen LogP contribution < -0.4 is 0 Å². The molecule has 0 aliphatic carbocycles. The summed E-state index contributed by atoms with van der Waals surface area (Å²) in [5.74, 6) is 0. The third-order valence-corrected chi connectivity index (χ3v) is 1.17. The molecular weight excluding hydrogens is 209 g/mol. The van der Waals surface area contributed by atoms with E-state index in [9.17, 15) is 0 Å². The van der Waals surface area contributed by atoms with Gasteiger partial charge in [0.1, 0.15) is 0 Å². The van der Waals surface area contributed by atoms with Gasteiger partial charge in [-0.2, -0.15) is 0 Å². The van der Waals surface area contributed by atoms with E-state index in [1.807, 2.05) is 0 Å². The molecule has 57 valence electrons. The van der Waals surface area contributed by atoms with Crippen molar-refractivity contribution in [3.63, 3.8) is 0 Å². The molecule has 1 rings (SSSR count). The zero-order valence-corrected chi connectivity index (χ0v) is 8.40. The SMILES string of the molecule is Cc1cccc(C)c1.[CH3-].[Ru+]. The normalized spacial score (nSPS) is 7.40. The Hall–Kier alpha value is -0.157.